The number of hydrogen-bond acceptors (Lipinski definition) is 6. The fourth-order valence-electron chi connectivity index (χ4n) is 3.93. The van der Waals surface area contributed by atoms with Gasteiger partial charge in [-0.3, -0.25) is 9.59 Å². The number of fused-ring (bicyclic) bond motifs is 2. The molecule has 1 aliphatic rings. The Bertz CT molecular complexity index is 1600. The average Bonchev–Trinajstić information content (AvgIpc) is 3.56. The van der Waals surface area contributed by atoms with Crippen LogP contribution in [0.4, 0.5) is 5.69 Å². The minimum absolute atomic E-state index is 0.174. The van der Waals surface area contributed by atoms with Crippen LogP contribution in [0.1, 0.15) is 16.7 Å². The lowest BCUT2D eigenvalue weighted by Crippen LogP contribution is -2.32. The van der Waals surface area contributed by atoms with Crippen LogP contribution >= 0.6 is 22.7 Å². The number of nitrogens with zero attached hydrogens (tertiary/aromatic N) is 4. The predicted molar refractivity (Wildman–Crippen MR) is 127 cm³/mol. The summed E-state index contributed by atoms with van der Waals surface area (Å²) in [6, 6.07) is 19.6. The zero-order valence-corrected chi connectivity index (χ0v) is 18.6. The second kappa shape index (κ2) is 7.22. The number of thiophene rings is 1. The first-order valence-electron chi connectivity index (χ1n) is 10.0. The number of carbonyl (C=O) groups excluding carboxylic acids is 1. The molecule has 5 aromatic rings. The van der Waals surface area contributed by atoms with Gasteiger partial charge in [0.1, 0.15) is 4.53 Å². The Morgan fingerprint density at radius 3 is 2.53 bits per heavy atom. The van der Waals surface area contributed by atoms with Crippen LogP contribution in [-0.2, 0) is 11.3 Å². The number of carbonyl (C=O) groups is 1. The molecular weight excluding hydrogens is 440 g/mol. The van der Waals surface area contributed by atoms with Crippen LogP contribution in [0.2, 0.25) is 0 Å². The van der Waals surface area contributed by atoms with Crippen molar-refractivity contribution < 1.29 is 4.79 Å². The highest BCUT2D eigenvalue weighted by molar-refractivity contribution is 7.15. The number of anilines is 1. The molecule has 4 heterocycles. The maximum atomic E-state index is 13.5. The highest BCUT2D eigenvalue weighted by atomic mass is 32.1. The first-order valence-corrected chi connectivity index (χ1v) is 11.7. The summed E-state index contributed by atoms with van der Waals surface area (Å²) in [4.78, 5) is 34.4. The van der Waals surface area contributed by atoms with E-state index in [0.717, 1.165) is 21.7 Å². The Kier molecular flexibility index (Phi) is 4.31. The van der Waals surface area contributed by atoms with Crippen molar-refractivity contribution in [2.24, 2.45) is 0 Å². The number of aryl methyl sites for hydroxylation is 1. The van der Waals surface area contributed by atoms with Gasteiger partial charge in [0, 0.05) is 5.56 Å². The number of rotatable bonds is 3. The van der Waals surface area contributed by atoms with Gasteiger partial charge in [-0.1, -0.05) is 65.4 Å². The van der Waals surface area contributed by atoms with Crippen molar-refractivity contribution in [3.05, 3.63) is 97.6 Å². The van der Waals surface area contributed by atoms with E-state index in [1.54, 1.807) is 4.90 Å². The van der Waals surface area contributed by atoms with Gasteiger partial charge >= 0.3 is 0 Å². The molecule has 0 N–H and O–H groups in total. The third kappa shape index (κ3) is 2.91. The van der Waals surface area contributed by atoms with Crippen LogP contribution in [0.3, 0.4) is 0 Å². The molecule has 0 saturated heterocycles. The summed E-state index contributed by atoms with van der Waals surface area (Å²) < 4.78 is 1.68. The topological polar surface area (TPSA) is 67.6 Å². The quantitative estimate of drug-likeness (QED) is 0.416. The van der Waals surface area contributed by atoms with Crippen LogP contribution < -0.4 is 15.0 Å². The second-order valence-electron chi connectivity index (χ2n) is 7.61. The van der Waals surface area contributed by atoms with Gasteiger partial charge in [-0.05, 0) is 30.0 Å². The van der Waals surface area contributed by atoms with Crippen LogP contribution in [0, 0.1) is 6.92 Å². The molecule has 32 heavy (non-hydrogen) atoms. The monoisotopic (exact) mass is 456 g/mol. The summed E-state index contributed by atoms with van der Waals surface area (Å²) in [5.74, 6) is 0.353. The zero-order chi connectivity index (χ0) is 21.8. The third-order valence-corrected chi connectivity index (χ3v) is 7.41. The van der Waals surface area contributed by atoms with E-state index < -0.39 is 0 Å². The molecule has 0 saturated carbocycles. The minimum Gasteiger partial charge on any atom is -0.303 e. The van der Waals surface area contributed by atoms with Gasteiger partial charge in [0.05, 0.1) is 22.7 Å². The van der Waals surface area contributed by atoms with Gasteiger partial charge < -0.3 is 4.90 Å². The molecule has 1 amide bonds. The summed E-state index contributed by atoms with van der Waals surface area (Å²) >= 11 is 2.74. The summed E-state index contributed by atoms with van der Waals surface area (Å²) in [5.41, 5.74) is 3.89. The molecule has 156 valence electrons. The molecule has 1 aliphatic heterocycles. The molecular formula is C24H16N4O2S2. The van der Waals surface area contributed by atoms with Crippen molar-refractivity contribution in [2.75, 3.05) is 4.90 Å². The van der Waals surface area contributed by atoms with Gasteiger partial charge in [-0.25, -0.2) is 0 Å². The van der Waals surface area contributed by atoms with E-state index >= 15 is 0 Å². The second-order valence-corrected chi connectivity index (χ2v) is 9.54. The predicted octanol–water partition coefficient (Wildman–Crippen LogP) is 3.65. The minimum atomic E-state index is -0.310. The standard InChI is InChI=1S/C24H16N4O2S2/c1-14-8-10-15(11-9-14)13-27-17-6-3-2-5-16(17)19(22(27)29)20-23(30)28-24(32-20)25-21(26-28)18-7-4-12-31-18/h2-12H,13H2,1H3. The zero-order valence-electron chi connectivity index (χ0n) is 17.0. The fraction of sp³-hybridized carbons (Fsp3) is 0.0833. The Labute approximate surface area is 190 Å². The van der Waals surface area contributed by atoms with Crippen molar-refractivity contribution in [3.63, 3.8) is 0 Å². The van der Waals surface area contributed by atoms with Gasteiger partial charge in [0.25, 0.3) is 11.5 Å². The Hall–Kier alpha value is -3.62. The molecule has 0 aliphatic carbocycles. The van der Waals surface area contributed by atoms with Crippen LogP contribution in [0.15, 0.2) is 70.8 Å². The highest BCUT2D eigenvalue weighted by Crippen LogP contribution is 2.36. The Balaban J connectivity index is 1.50. The van der Waals surface area contributed by atoms with Crippen molar-refractivity contribution in [2.45, 2.75) is 13.5 Å². The third-order valence-electron chi connectivity index (χ3n) is 5.51. The molecule has 6 rings (SSSR count). The lowest BCUT2D eigenvalue weighted by molar-refractivity contribution is -0.113. The smallest absolute Gasteiger partial charge is 0.291 e. The van der Waals surface area contributed by atoms with Crippen molar-refractivity contribution in [1.29, 1.82) is 0 Å². The van der Waals surface area contributed by atoms with E-state index in [4.69, 9.17) is 0 Å². The largest absolute Gasteiger partial charge is 0.303 e. The normalized spacial score (nSPS) is 15.0. The van der Waals surface area contributed by atoms with Gasteiger partial charge in [0.15, 0.2) is 5.82 Å². The van der Waals surface area contributed by atoms with Crippen molar-refractivity contribution in [3.8, 4) is 10.7 Å². The van der Waals surface area contributed by atoms with E-state index in [0.29, 0.717) is 27.4 Å². The first-order chi connectivity index (χ1) is 15.6. The van der Waals surface area contributed by atoms with Crippen LogP contribution in [0.25, 0.3) is 21.2 Å². The molecule has 8 heteroatoms. The van der Waals surface area contributed by atoms with E-state index in [2.05, 4.69) is 10.1 Å². The number of hydrogen-bond donors (Lipinski definition) is 0. The molecule has 0 spiro atoms. The van der Waals surface area contributed by atoms with Crippen LogP contribution in [0.5, 0.6) is 0 Å². The summed E-state index contributed by atoms with van der Waals surface area (Å²) in [6.45, 7) is 2.48. The fourth-order valence-corrected chi connectivity index (χ4v) is 5.58. The van der Waals surface area contributed by atoms with Gasteiger partial charge in [0.2, 0.25) is 4.96 Å². The maximum Gasteiger partial charge on any atom is 0.291 e. The van der Waals surface area contributed by atoms with E-state index in [9.17, 15) is 9.59 Å². The number of para-hydroxylation sites is 1. The maximum absolute atomic E-state index is 13.5. The first kappa shape index (κ1) is 19.1. The Morgan fingerprint density at radius 1 is 0.969 bits per heavy atom. The highest BCUT2D eigenvalue weighted by Gasteiger charge is 2.34. The Morgan fingerprint density at radius 2 is 1.78 bits per heavy atom. The summed E-state index contributed by atoms with van der Waals surface area (Å²) in [5, 5.41) is 6.34. The molecule has 2 aromatic carbocycles. The van der Waals surface area contributed by atoms with Gasteiger partial charge in [-0.2, -0.15) is 9.50 Å². The molecule has 0 radical (unpaired) electrons. The van der Waals surface area contributed by atoms with E-state index in [-0.39, 0.29) is 11.5 Å². The number of thiazole rings is 1. The molecule has 6 nitrogen and oxygen atoms in total. The number of aromatic nitrogens is 3. The van der Waals surface area contributed by atoms with Crippen molar-refractivity contribution >= 4 is 44.8 Å². The molecule has 0 atom stereocenters. The van der Waals surface area contributed by atoms with Gasteiger partial charge in [-0.15, -0.1) is 16.4 Å². The number of amides is 1. The summed E-state index contributed by atoms with van der Waals surface area (Å²) in [6.07, 6.45) is 0. The summed E-state index contributed by atoms with van der Waals surface area (Å²) in [7, 11) is 0. The molecule has 0 unspecified atom stereocenters. The molecule has 3 aromatic heterocycles. The lowest BCUT2D eigenvalue weighted by atomic mass is 10.1. The molecule has 0 fully saturated rings. The SMILES string of the molecule is Cc1ccc(CN2C(=O)C(=c3sc4nc(-c5cccs5)nn4c3=O)c3ccccc32)cc1. The van der Waals surface area contributed by atoms with E-state index in [1.807, 2.05) is 73.0 Å². The van der Waals surface area contributed by atoms with Crippen molar-refractivity contribution in [1.82, 2.24) is 14.6 Å². The number of benzene rings is 2. The average molecular weight is 457 g/mol. The van der Waals surface area contributed by atoms with Crippen LogP contribution in [-0.4, -0.2) is 20.5 Å². The lowest BCUT2D eigenvalue weighted by Gasteiger charge is -2.17. The van der Waals surface area contributed by atoms with E-state index in [1.165, 1.54) is 32.8 Å². The molecule has 0 bridgehead atoms.